The number of pyridine rings is 1. The Bertz CT molecular complexity index is 1440. The normalized spacial score (nSPS) is 11.1. The summed E-state index contributed by atoms with van der Waals surface area (Å²) in [6.07, 6.45) is 3.84. The molecule has 0 aliphatic heterocycles. The van der Waals surface area contributed by atoms with Gasteiger partial charge in [0.2, 0.25) is 0 Å². The quantitative estimate of drug-likeness (QED) is 0.350. The molecule has 5 rings (SSSR count). The molecule has 0 aliphatic carbocycles. The molecule has 0 saturated heterocycles. The lowest BCUT2D eigenvalue weighted by Crippen LogP contribution is -2.13. The molecule has 0 saturated carbocycles. The van der Waals surface area contributed by atoms with Gasteiger partial charge in [-0.25, -0.2) is 4.98 Å². The topological polar surface area (TPSA) is 87.2 Å². The summed E-state index contributed by atoms with van der Waals surface area (Å²) in [7, 11) is 3.15. The van der Waals surface area contributed by atoms with Crippen LogP contribution in [0, 0.1) is 0 Å². The zero-order valence-corrected chi connectivity index (χ0v) is 18.8. The number of nitrogens with one attached hydrogen (secondary N) is 1. The van der Waals surface area contributed by atoms with E-state index in [0.717, 1.165) is 16.7 Å². The molecule has 8 heteroatoms. The van der Waals surface area contributed by atoms with E-state index >= 15 is 0 Å². The van der Waals surface area contributed by atoms with Crippen LogP contribution in [0.3, 0.4) is 0 Å². The number of hydrogen-bond donors (Lipinski definition) is 1. The van der Waals surface area contributed by atoms with Crippen LogP contribution >= 0.6 is 0 Å². The van der Waals surface area contributed by atoms with Crippen molar-refractivity contribution in [1.82, 2.24) is 9.38 Å². The summed E-state index contributed by atoms with van der Waals surface area (Å²) >= 11 is 0. The Balaban J connectivity index is 1.37. The predicted molar refractivity (Wildman–Crippen MR) is 127 cm³/mol. The van der Waals surface area contributed by atoms with Crippen LogP contribution in [-0.2, 0) is 18.0 Å². The molecule has 34 heavy (non-hydrogen) atoms. The molecule has 0 spiro atoms. The number of rotatable bonds is 8. The van der Waals surface area contributed by atoms with Gasteiger partial charge in [-0.15, -0.1) is 0 Å². The van der Waals surface area contributed by atoms with Crippen LogP contribution in [0.1, 0.15) is 21.8 Å². The van der Waals surface area contributed by atoms with E-state index in [1.807, 2.05) is 59.3 Å². The van der Waals surface area contributed by atoms with E-state index < -0.39 is 0 Å². The van der Waals surface area contributed by atoms with Gasteiger partial charge in [0.05, 0.1) is 19.4 Å². The number of amides is 1. The van der Waals surface area contributed by atoms with Gasteiger partial charge in [0, 0.05) is 42.2 Å². The van der Waals surface area contributed by atoms with Crippen molar-refractivity contribution in [2.75, 3.05) is 19.5 Å². The number of ether oxygens (including phenoxy) is 3. The summed E-state index contributed by atoms with van der Waals surface area (Å²) in [5, 5.41) is 3.73. The number of carbonyl (C=O) groups excluding carboxylic acids is 1. The number of nitrogens with zero attached hydrogens (tertiary/aromatic N) is 2. The van der Waals surface area contributed by atoms with E-state index in [9.17, 15) is 4.79 Å². The van der Waals surface area contributed by atoms with Crippen molar-refractivity contribution in [3.05, 3.63) is 90.1 Å². The first-order chi connectivity index (χ1) is 16.7. The highest BCUT2D eigenvalue weighted by atomic mass is 16.5. The number of hydrogen-bond acceptors (Lipinski definition) is 6. The van der Waals surface area contributed by atoms with E-state index in [1.54, 1.807) is 32.4 Å². The second-order valence-electron chi connectivity index (χ2n) is 7.65. The molecule has 172 valence electrons. The van der Waals surface area contributed by atoms with Crippen LogP contribution in [0.5, 0.6) is 11.5 Å². The fraction of sp³-hybridized carbons (Fsp3) is 0.154. The summed E-state index contributed by atoms with van der Waals surface area (Å²) in [5.41, 5.74) is 3.49. The number of imidazole rings is 1. The fourth-order valence-corrected chi connectivity index (χ4v) is 3.83. The second-order valence-corrected chi connectivity index (χ2v) is 7.65. The molecule has 0 radical (unpaired) electrons. The standard InChI is InChI=1S/C26H23N3O5/c1-31-16-20-19-7-3-4-8-21(19)34-25(20)26(30)28-17-10-11-22(32-2)23(13-17)33-15-18-14-29-12-6-5-9-24(29)27-18/h3-14H,15-16H2,1-2H3,(H,28,30). The smallest absolute Gasteiger partial charge is 0.291 e. The maximum atomic E-state index is 13.1. The summed E-state index contributed by atoms with van der Waals surface area (Å²) in [6.45, 7) is 0.507. The minimum absolute atomic E-state index is 0.214. The molecule has 3 heterocycles. The first-order valence-corrected chi connectivity index (χ1v) is 10.7. The van der Waals surface area contributed by atoms with E-state index in [0.29, 0.717) is 28.3 Å². The Morgan fingerprint density at radius 1 is 1.03 bits per heavy atom. The van der Waals surface area contributed by atoms with E-state index in [1.165, 1.54) is 0 Å². The van der Waals surface area contributed by atoms with Crippen molar-refractivity contribution >= 4 is 28.2 Å². The minimum atomic E-state index is -0.375. The lowest BCUT2D eigenvalue weighted by atomic mass is 10.1. The van der Waals surface area contributed by atoms with Crippen molar-refractivity contribution < 1.29 is 23.4 Å². The zero-order chi connectivity index (χ0) is 23.5. The molecule has 8 nitrogen and oxygen atoms in total. The van der Waals surface area contributed by atoms with Gasteiger partial charge in [0.25, 0.3) is 5.91 Å². The Morgan fingerprint density at radius 3 is 2.71 bits per heavy atom. The number of anilines is 1. The van der Waals surface area contributed by atoms with Crippen LogP contribution in [-0.4, -0.2) is 29.5 Å². The number of carbonyl (C=O) groups is 1. The lowest BCUT2D eigenvalue weighted by molar-refractivity contribution is 0.0992. The van der Waals surface area contributed by atoms with Crippen molar-refractivity contribution in [2.45, 2.75) is 13.2 Å². The highest BCUT2D eigenvalue weighted by Crippen LogP contribution is 2.32. The molecule has 3 aromatic heterocycles. The van der Waals surface area contributed by atoms with Gasteiger partial charge in [0.1, 0.15) is 17.8 Å². The molecule has 1 N–H and O–H groups in total. The zero-order valence-electron chi connectivity index (χ0n) is 18.8. The lowest BCUT2D eigenvalue weighted by Gasteiger charge is -2.12. The number of methoxy groups -OCH3 is 2. The molecule has 2 aromatic carbocycles. The van der Waals surface area contributed by atoms with Gasteiger partial charge in [-0.2, -0.15) is 0 Å². The SMILES string of the molecule is COCc1c(C(=O)Nc2ccc(OC)c(OCc3cn4ccccc4n3)c2)oc2ccccc12. The fourth-order valence-electron chi connectivity index (χ4n) is 3.83. The van der Waals surface area contributed by atoms with Crippen molar-refractivity contribution in [3.8, 4) is 11.5 Å². The number of para-hydroxylation sites is 1. The van der Waals surface area contributed by atoms with Crippen molar-refractivity contribution in [3.63, 3.8) is 0 Å². The van der Waals surface area contributed by atoms with E-state index in [2.05, 4.69) is 10.3 Å². The van der Waals surface area contributed by atoms with E-state index in [-0.39, 0.29) is 24.9 Å². The molecule has 1 amide bonds. The minimum Gasteiger partial charge on any atom is -0.493 e. The van der Waals surface area contributed by atoms with Gasteiger partial charge in [-0.3, -0.25) is 4.79 Å². The third kappa shape index (κ3) is 4.18. The van der Waals surface area contributed by atoms with Crippen molar-refractivity contribution in [2.24, 2.45) is 0 Å². The van der Waals surface area contributed by atoms with Crippen LogP contribution in [0.2, 0.25) is 0 Å². The maximum absolute atomic E-state index is 13.1. The average molecular weight is 457 g/mol. The average Bonchev–Trinajstić information content (AvgIpc) is 3.44. The third-order valence-electron chi connectivity index (χ3n) is 5.40. The molecule has 0 fully saturated rings. The molecule has 0 unspecified atom stereocenters. The second kappa shape index (κ2) is 9.29. The molecule has 0 aliphatic rings. The van der Waals surface area contributed by atoms with Crippen LogP contribution in [0.15, 0.2) is 77.5 Å². The van der Waals surface area contributed by atoms with Gasteiger partial charge in [-0.05, 0) is 30.3 Å². The largest absolute Gasteiger partial charge is 0.493 e. The van der Waals surface area contributed by atoms with Gasteiger partial charge < -0.3 is 28.3 Å². The van der Waals surface area contributed by atoms with Gasteiger partial charge >= 0.3 is 0 Å². The Kier molecular flexibility index (Phi) is 5.88. The summed E-state index contributed by atoms with van der Waals surface area (Å²) < 4.78 is 24.5. The summed E-state index contributed by atoms with van der Waals surface area (Å²) in [4.78, 5) is 17.6. The van der Waals surface area contributed by atoms with Crippen LogP contribution < -0.4 is 14.8 Å². The Morgan fingerprint density at radius 2 is 1.88 bits per heavy atom. The first-order valence-electron chi connectivity index (χ1n) is 10.7. The Hall–Kier alpha value is -4.30. The predicted octanol–water partition coefficient (Wildman–Crippen LogP) is 5.07. The van der Waals surface area contributed by atoms with Gasteiger partial charge in [-0.1, -0.05) is 24.3 Å². The molecule has 5 aromatic rings. The summed E-state index contributed by atoms with van der Waals surface area (Å²) in [5.74, 6) is 0.871. The van der Waals surface area contributed by atoms with Crippen LogP contribution in [0.4, 0.5) is 5.69 Å². The number of aromatic nitrogens is 2. The number of benzene rings is 2. The molecular formula is C26H23N3O5. The highest BCUT2D eigenvalue weighted by Gasteiger charge is 2.21. The van der Waals surface area contributed by atoms with Gasteiger partial charge in [0.15, 0.2) is 17.3 Å². The highest BCUT2D eigenvalue weighted by molar-refractivity contribution is 6.06. The summed E-state index contributed by atoms with van der Waals surface area (Å²) in [6, 6.07) is 18.5. The van der Waals surface area contributed by atoms with E-state index in [4.69, 9.17) is 18.6 Å². The Labute approximate surface area is 195 Å². The monoisotopic (exact) mass is 457 g/mol. The number of furan rings is 1. The van der Waals surface area contributed by atoms with Crippen molar-refractivity contribution in [1.29, 1.82) is 0 Å². The third-order valence-corrected chi connectivity index (χ3v) is 5.40. The molecular weight excluding hydrogens is 434 g/mol. The molecule has 0 bridgehead atoms. The maximum Gasteiger partial charge on any atom is 0.291 e. The molecule has 0 atom stereocenters. The first kappa shape index (κ1) is 21.5. The van der Waals surface area contributed by atoms with Crippen LogP contribution in [0.25, 0.3) is 16.6 Å². The number of fused-ring (bicyclic) bond motifs is 2.